The van der Waals surface area contributed by atoms with Crippen molar-refractivity contribution in [2.45, 2.75) is 39.2 Å². The van der Waals surface area contributed by atoms with Gasteiger partial charge in [0, 0.05) is 5.02 Å². The van der Waals surface area contributed by atoms with Gasteiger partial charge in [0.15, 0.2) is 0 Å². The SMILES string of the molecule is CC(C)CC(C(=O)Oc1ccc(Cl)cc1Cl)N1C(=O)C2CC=CCC2C1=O. The summed E-state index contributed by atoms with van der Waals surface area (Å²) < 4.78 is 5.43. The number of halogens is 2. The van der Waals surface area contributed by atoms with Gasteiger partial charge in [-0.2, -0.15) is 0 Å². The molecule has 2 aliphatic rings. The van der Waals surface area contributed by atoms with Crippen molar-refractivity contribution in [2.24, 2.45) is 17.8 Å². The van der Waals surface area contributed by atoms with E-state index in [0.29, 0.717) is 24.3 Å². The van der Waals surface area contributed by atoms with E-state index in [9.17, 15) is 14.4 Å². The average Bonchev–Trinajstić information content (AvgIpc) is 2.86. The Morgan fingerprint density at radius 2 is 1.74 bits per heavy atom. The Morgan fingerprint density at radius 3 is 2.26 bits per heavy atom. The molecule has 3 rings (SSSR count). The lowest BCUT2D eigenvalue weighted by atomic mass is 9.85. The molecule has 1 heterocycles. The number of amides is 2. The van der Waals surface area contributed by atoms with Crippen LogP contribution < -0.4 is 4.74 Å². The first-order valence-electron chi connectivity index (χ1n) is 8.98. The smallest absolute Gasteiger partial charge is 0.334 e. The summed E-state index contributed by atoms with van der Waals surface area (Å²) in [5, 5.41) is 0.607. The maximum Gasteiger partial charge on any atom is 0.334 e. The predicted octanol–water partition coefficient (Wildman–Crippen LogP) is 4.26. The number of likely N-dealkylation sites (tertiary alicyclic amines) is 1. The lowest BCUT2D eigenvalue weighted by molar-refractivity contribution is -0.154. The number of hydrogen-bond donors (Lipinski definition) is 0. The third-order valence-electron chi connectivity index (χ3n) is 4.92. The summed E-state index contributed by atoms with van der Waals surface area (Å²) in [6.45, 7) is 3.85. The van der Waals surface area contributed by atoms with Crippen molar-refractivity contribution in [3.63, 3.8) is 0 Å². The topological polar surface area (TPSA) is 63.7 Å². The molecule has 27 heavy (non-hydrogen) atoms. The minimum atomic E-state index is -0.970. The fraction of sp³-hybridized carbons (Fsp3) is 0.450. The summed E-state index contributed by atoms with van der Waals surface area (Å²) in [5.74, 6) is -1.78. The van der Waals surface area contributed by atoms with E-state index in [2.05, 4.69) is 0 Å². The van der Waals surface area contributed by atoms with Gasteiger partial charge in [-0.15, -0.1) is 0 Å². The van der Waals surface area contributed by atoms with Crippen molar-refractivity contribution >= 4 is 41.0 Å². The molecule has 0 aromatic heterocycles. The van der Waals surface area contributed by atoms with Gasteiger partial charge >= 0.3 is 5.97 Å². The van der Waals surface area contributed by atoms with E-state index in [-0.39, 0.29) is 40.3 Å². The highest BCUT2D eigenvalue weighted by atomic mass is 35.5. The quantitative estimate of drug-likeness (QED) is 0.315. The van der Waals surface area contributed by atoms with E-state index in [1.165, 1.54) is 12.1 Å². The molecule has 1 aliphatic carbocycles. The molecule has 1 aromatic carbocycles. The highest BCUT2D eigenvalue weighted by Gasteiger charge is 2.51. The Morgan fingerprint density at radius 1 is 1.15 bits per heavy atom. The molecule has 1 fully saturated rings. The van der Waals surface area contributed by atoms with Crippen LogP contribution in [0.4, 0.5) is 0 Å². The van der Waals surface area contributed by atoms with Gasteiger partial charge in [0.05, 0.1) is 16.9 Å². The fourth-order valence-corrected chi connectivity index (χ4v) is 4.07. The van der Waals surface area contributed by atoms with E-state index >= 15 is 0 Å². The van der Waals surface area contributed by atoms with Gasteiger partial charge in [-0.3, -0.25) is 14.5 Å². The Labute approximate surface area is 168 Å². The van der Waals surface area contributed by atoms with Crippen LogP contribution in [-0.4, -0.2) is 28.7 Å². The minimum Gasteiger partial charge on any atom is -0.423 e. The van der Waals surface area contributed by atoms with Crippen molar-refractivity contribution < 1.29 is 19.1 Å². The maximum absolute atomic E-state index is 12.9. The molecule has 1 aliphatic heterocycles. The lowest BCUT2D eigenvalue weighted by Gasteiger charge is -2.26. The number of esters is 1. The molecule has 2 amide bonds. The maximum atomic E-state index is 12.9. The van der Waals surface area contributed by atoms with E-state index in [4.69, 9.17) is 27.9 Å². The zero-order valence-electron chi connectivity index (χ0n) is 15.2. The fourth-order valence-electron chi connectivity index (χ4n) is 3.62. The Kier molecular flexibility index (Phi) is 5.92. The molecule has 0 bridgehead atoms. The number of carbonyl (C=O) groups is 3. The minimum absolute atomic E-state index is 0.0876. The predicted molar refractivity (Wildman–Crippen MR) is 103 cm³/mol. The average molecular weight is 410 g/mol. The number of carbonyl (C=O) groups excluding carboxylic acids is 3. The number of imide groups is 1. The van der Waals surface area contributed by atoms with Crippen molar-refractivity contribution in [1.29, 1.82) is 0 Å². The molecular weight excluding hydrogens is 389 g/mol. The molecule has 1 saturated heterocycles. The molecule has 3 unspecified atom stereocenters. The van der Waals surface area contributed by atoms with Crippen LogP contribution in [0, 0.1) is 17.8 Å². The molecule has 1 aromatic rings. The first-order valence-corrected chi connectivity index (χ1v) is 9.73. The Bertz CT molecular complexity index is 779. The van der Waals surface area contributed by atoms with Gasteiger partial charge < -0.3 is 4.74 Å². The second kappa shape index (κ2) is 8.03. The number of nitrogens with zero attached hydrogens (tertiary/aromatic N) is 1. The van der Waals surface area contributed by atoms with Crippen LogP contribution in [0.2, 0.25) is 10.0 Å². The van der Waals surface area contributed by atoms with Crippen LogP contribution >= 0.6 is 23.2 Å². The third kappa shape index (κ3) is 4.04. The normalized spacial score (nSPS) is 22.9. The molecular formula is C20H21Cl2NO4. The molecule has 0 radical (unpaired) electrons. The molecule has 3 atom stereocenters. The van der Waals surface area contributed by atoms with E-state index in [1.54, 1.807) is 6.07 Å². The second-order valence-corrected chi connectivity index (χ2v) is 8.19. The highest BCUT2D eigenvalue weighted by Crippen LogP contribution is 2.37. The van der Waals surface area contributed by atoms with Gasteiger partial charge in [0.25, 0.3) is 0 Å². The number of allylic oxidation sites excluding steroid dienone is 2. The first kappa shape index (κ1) is 19.9. The van der Waals surface area contributed by atoms with Crippen molar-refractivity contribution in [1.82, 2.24) is 4.90 Å². The summed E-state index contributed by atoms with van der Waals surface area (Å²) in [6, 6.07) is 3.55. The summed E-state index contributed by atoms with van der Waals surface area (Å²) >= 11 is 12.0. The monoisotopic (exact) mass is 409 g/mol. The van der Waals surface area contributed by atoms with Gasteiger partial charge in [-0.25, -0.2) is 4.79 Å². The van der Waals surface area contributed by atoms with Gasteiger partial charge in [-0.05, 0) is 43.4 Å². The number of ether oxygens (including phenoxy) is 1. The highest BCUT2D eigenvalue weighted by molar-refractivity contribution is 6.35. The standard InChI is InChI=1S/C20H21Cl2NO4/c1-11(2)9-16(20(26)27-17-8-7-12(21)10-15(17)22)23-18(24)13-5-3-4-6-14(13)19(23)25/h3-4,7-8,10-11,13-14,16H,5-6,9H2,1-2H3. The molecule has 0 saturated carbocycles. The largest absolute Gasteiger partial charge is 0.423 e. The van der Waals surface area contributed by atoms with Crippen molar-refractivity contribution in [3.05, 3.63) is 40.4 Å². The molecule has 5 nitrogen and oxygen atoms in total. The summed E-state index contributed by atoms with van der Waals surface area (Å²) in [5.41, 5.74) is 0. The second-order valence-electron chi connectivity index (χ2n) is 7.34. The van der Waals surface area contributed by atoms with Crippen LogP contribution in [0.3, 0.4) is 0 Å². The van der Waals surface area contributed by atoms with Gasteiger partial charge in [-0.1, -0.05) is 49.2 Å². The number of rotatable bonds is 5. The molecule has 144 valence electrons. The van der Waals surface area contributed by atoms with Crippen LogP contribution in [0.1, 0.15) is 33.1 Å². The molecule has 0 N–H and O–H groups in total. The van der Waals surface area contributed by atoms with Gasteiger partial charge in [0.1, 0.15) is 11.8 Å². The van der Waals surface area contributed by atoms with Crippen molar-refractivity contribution in [2.75, 3.05) is 0 Å². The molecule has 7 heteroatoms. The summed E-state index contributed by atoms with van der Waals surface area (Å²) in [6.07, 6.45) is 5.21. The first-order chi connectivity index (χ1) is 12.8. The third-order valence-corrected chi connectivity index (χ3v) is 5.46. The van der Waals surface area contributed by atoms with Crippen LogP contribution in [0.15, 0.2) is 30.4 Å². The number of benzene rings is 1. The lowest BCUT2D eigenvalue weighted by Crippen LogP contribution is -2.48. The Balaban J connectivity index is 1.86. The van der Waals surface area contributed by atoms with Crippen LogP contribution in [-0.2, 0) is 14.4 Å². The Hall–Kier alpha value is -1.85. The van der Waals surface area contributed by atoms with E-state index < -0.39 is 12.0 Å². The summed E-state index contributed by atoms with van der Waals surface area (Å²) in [4.78, 5) is 39.7. The number of fused-ring (bicyclic) bond motifs is 1. The van der Waals surface area contributed by atoms with Crippen molar-refractivity contribution in [3.8, 4) is 5.75 Å². The van der Waals surface area contributed by atoms with E-state index in [0.717, 1.165) is 4.90 Å². The van der Waals surface area contributed by atoms with Gasteiger partial charge in [0.2, 0.25) is 11.8 Å². The zero-order valence-corrected chi connectivity index (χ0v) is 16.7. The summed E-state index contributed by atoms with van der Waals surface area (Å²) in [7, 11) is 0. The van der Waals surface area contributed by atoms with Crippen LogP contribution in [0.25, 0.3) is 0 Å². The van der Waals surface area contributed by atoms with Crippen LogP contribution in [0.5, 0.6) is 5.75 Å². The molecule has 0 spiro atoms. The number of hydrogen-bond acceptors (Lipinski definition) is 4. The van der Waals surface area contributed by atoms with E-state index in [1.807, 2.05) is 26.0 Å². The zero-order chi connectivity index (χ0) is 19.7.